The molecule has 4 rings (SSSR count). The van der Waals surface area contributed by atoms with Crippen LogP contribution >= 0.6 is 11.3 Å². The monoisotopic (exact) mass is 476 g/mol. The number of nitrogens with zero attached hydrogens (tertiary/aromatic N) is 3. The molecule has 8 nitrogen and oxygen atoms in total. The van der Waals surface area contributed by atoms with Gasteiger partial charge in [-0.2, -0.15) is 5.26 Å². The minimum Gasteiger partial charge on any atom is -0.497 e. The minimum atomic E-state index is -0.424. The second-order valence-corrected chi connectivity index (χ2v) is 8.87. The Morgan fingerprint density at radius 3 is 2.91 bits per heavy atom. The number of nitrogens with one attached hydrogen (secondary N) is 1. The molecule has 1 aromatic carbocycles. The normalized spacial score (nSPS) is 12.4. The Morgan fingerprint density at radius 2 is 2.15 bits per heavy atom. The average molecular weight is 477 g/mol. The van der Waals surface area contributed by atoms with Crippen LogP contribution in [0.2, 0.25) is 0 Å². The summed E-state index contributed by atoms with van der Waals surface area (Å²) in [6.07, 6.45) is 2.61. The molecule has 0 bridgehead atoms. The molecule has 1 N–H and O–H groups in total. The van der Waals surface area contributed by atoms with Gasteiger partial charge in [0.15, 0.2) is 0 Å². The van der Waals surface area contributed by atoms with Crippen molar-refractivity contribution in [3.8, 4) is 11.8 Å². The van der Waals surface area contributed by atoms with Crippen molar-refractivity contribution in [2.75, 3.05) is 19.0 Å². The SMILES string of the molecule is COc1cccc(CCC(=O)Nc2sc3c(c2C#N)CCN(C(=O)OCc2ccccn2)C3)c1. The van der Waals surface area contributed by atoms with E-state index < -0.39 is 6.09 Å². The van der Waals surface area contributed by atoms with Crippen molar-refractivity contribution in [3.63, 3.8) is 0 Å². The number of thiophene rings is 1. The van der Waals surface area contributed by atoms with Gasteiger partial charge in [0.2, 0.25) is 5.91 Å². The number of amides is 2. The van der Waals surface area contributed by atoms with Gasteiger partial charge in [-0.05, 0) is 48.2 Å². The van der Waals surface area contributed by atoms with E-state index in [1.54, 1.807) is 30.3 Å². The van der Waals surface area contributed by atoms with E-state index in [1.807, 2.05) is 30.3 Å². The van der Waals surface area contributed by atoms with E-state index in [1.165, 1.54) is 11.3 Å². The summed E-state index contributed by atoms with van der Waals surface area (Å²) in [4.78, 5) is 31.8. The Bertz CT molecular complexity index is 1220. The number of carbonyl (C=O) groups is 2. The quantitative estimate of drug-likeness (QED) is 0.546. The van der Waals surface area contributed by atoms with E-state index in [9.17, 15) is 14.9 Å². The zero-order valence-corrected chi connectivity index (χ0v) is 19.6. The molecule has 0 saturated carbocycles. The largest absolute Gasteiger partial charge is 0.497 e. The topological polar surface area (TPSA) is 105 Å². The van der Waals surface area contributed by atoms with Gasteiger partial charge in [-0.1, -0.05) is 18.2 Å². The summed E-state index contributed by atoms with van der Waals surface area (Å²) in [5, 5.41) is 13.1. The van der Waals surface area contributed by atoms with Crippen molar-refractivity contribution < 1.29 is 19.1 Å². The Morgan fingerprint density at radius 1 is 1.26 bits per heavy atom. The number of aromatic nitrogens is 1. The molecule has 0 aliphatic carbocycles. The molecular weight excluding hydrogens is 452 g/mol. The molecule has 34 heavy (non-hydrogen) atoms. The smallest absolute Gasteiger partial charge is 0.410 e. The first-order valence-corrected chi connectivity index (χ1v) is 11.7. The minimum absolute atomic E-state index is 0.103. The average Bonchev–Trinajstić information content (AvgIpc) is 3.22. The van der Waals surface area contributed by atoms with Crippen molar-refractivity contribution in [1.29, 1.82) is 5.26 Å². The van der Waals surface area contributed by atoms with Gasteiger partial charge in [-0.15, -0.1) is 11.3 Å². The predicted octanol–water partition coefficient (Wildman–Crippen LogP) is 4.29. The van der Waals surface area contributed by atoms with Crippen LogP contribution in [0.5, 0.6) is 5.75 Å². The van der Waals surface area contributed by atoms with Gasteiger partial charge in [-0.25, -0.2) is 4.79 Å². The molecule has 1 aliphatic heterocycles. The Balaban J connectivity index is 1.36. The van der Waals surface area contributed by atoms with Crippen molar-refractivity contribution in [1.82, 2.24) is 9.88 Å². The zero-order valence-electron chi connectivity index (χ0n) is 18.7. The lowest BCUT2D eigenvalue weighted by atomic mass is 10.0. The van der Waals surface area contributed by atoms with Crippen LogP contribution in [0.4, 0.5) is 9.80 Å². The van der Waals surface area contributed by atoms with Crippen LogP contribution in [0.3, 0.4) is 0 Å². The first-order chi connectivity index (χ1) is 16.6. The van der Waals surface area contributed by atoms with Crippen LogP contribution < -0.4 is 10.1 Å². The van der Waals surface area contributed by atoms with Gasteiger partial charge in [0.05, 0.1) is 24.9 Å². The lowest BCUT2D eigenvalue weighted by Gasteiger charge is -2.26. The summed E-state index contributed by atoms with van der Waals surface area (Å²) in [5.74, 6) is 0.586. The van der Waals surface area contributed by atoms with Crippen LogP contribution in [0.25, 0.3) is 0 Å². The lowest BCUT2D eigenvalue weighted by molar-refractivity contribution is -0.116. The highest BCUT2D eigenvalue weighted by Crippen LogP contribution is 2.37. The van der Waals surface area contributed by atoms with E-state index in [0.717, 1.165) is 21.8 Å². The fraction of sp³-hybridized carbons (Fsp3) is 0.280. The third-order valence-electron chi connectivity index (χ3n) is 5.52. The molecular formula is C25H24N4O4S. The molecule has 0 fully saturated rings. The number of nitriles is 1. The molecule has 174 valence electrons. The number of carbonyl (C=O) groups excluding carboxylic acids is 2. The molecule has 1 aliphatic rings. The summed E-state index contributed by atoms with van der Waals surface area (Å²) in [7, 11) is 1.61. The summed E-state index contributed by atoms with van der Waals surface area (Å²) < 4.78 is 10.6. The number of ether oxygens (including phenoxy) is 2. The van der Waals surface area contributed by atoms with Crippen LogP contribution in [-0.4, -0.2) is 35.5 Å². The Kier molecular flexibility index (Phi) is 7.40. The molecule has 0 atom stereocenters. The highest BCUT2D eigenvalue weighted by molar-refractivity contribution is 7.16. The number of hydrogen-bond donors (Lipinski definition) is 1. The number of hydrogen-bond acceptors (Lipinski definition) is 7. The van der Waals surface area contributed by atoms with Crippen LogP contribution in [0.15, 0.2) is 48.7 Å². The van der Waals surface area contributed by atoms with Gasteiger partial charge in [0, 0.05) is 24.0 Å². The van der Waals surface area contributed by atoms with E-state index in [2.05, 4.69) is 16.4 Å². The summed E-state index contributed by atoms with van der Waals surface area (Å²) in [5.41, 5.74) is 3.05. The number of rotatable bonds is 7. The molecule has 3 aromatic rings. The molecule has 0 spiro atoms. The Hall–Kier alpha value is -3.90. The second-order valence-electron chi connectivity index (χ2n) is 7.77. The van der Waals surface area contributed by atoms with E-state index in [4.69, 9.17) is 9.47 Å². The molecule has 0 unspecified atom stereocenters. The van der Waals surface area contributed by atoms with Crippen molar-refractivity contribution >= 4 is 28.3 Å². The van der Waals surface area contributed by atoms with Crippen molar-refractivity contribution in [3.05, 3.63) is 75.9 Å². The standard InChI is InChI=1S/C25H24N4O4S/c1-32-19-7-4-5-17(13-19)8-9-23(30)28-24-21(14-26)20-10-12-29(15-22(20)34-24)25(31)33-16-18-6-2-3-11-27-18/h2-7,11,13H,8-10,12,15-16H2,1H3,(H,28,30). The number of fused-ring (bicyclic) bond motifs is 1. The predicted molar refractivity (Wildman–Crippen MR) is 128 cm³/mol. The van der Waals surface area contributed by atoms with E-state index in [0.29, 0.717) is 42.2 Å². The van der Waals surface area contributed by atoms with E-state index in [-0.39, 0.29) is 18.9 Å². The van der Waals surface area contributed by atoms with E-state index >= 15 is 0 Å². The van der Waals surface area contributed by atoms with Crippen LogP contribution in [0, 0.1) is 11.3 Å². The first kappa shape index (κ1) is 23.3. The number of pyridine rings is 1. The third kappa shape index (κ3) is 5.53. The fourth-order valence-electron chi connectivity index (χ4n) is 3.75. The Labute approximate surface area is 201 Å². The molecule has 3 heterocycles. The molecule has 2 aromatic heterocycles. The maximum atomic E-state index is 12.6. The zero-order chi connectivity index (χ0) is 23.9. The van der Waals surface area contributed by atoms with Gasteiger partial charge < -0.3 is 19.7 Å². The van der Waals surface area contributed by atoms with Crippen LogP contribution in [-0.2, 0) is 35.5 Å². The van der Waals surface area contributed by atoms with Crippen molar-refractivity contribution in [2.24, 2.45) is 0 Å². The van der Waals surface area contributed by atoms with Gasteiger partial charge in [0.1, 0.15) is 23.4 Å². The second kappa shape index (κ2) is 10.8. The number of methoxy groups -OCH3 is 1. The number of anilines is 1. The lowest BCUT2D eigenvalue weighted by Crippen LogP contribution is -2.35. The fourth-order valence-corrected chi connectivity index (χ4v) is 4.98. The molecule has 2 amide bonds. The molecule has 9 heteroatoms. The van der Waals surface area contributed by atoms with Crippen molar-refractivity contribution in [2.45, 2.75) is 32.4 Å². The molecule has 0 radical (unpaired) electrons. The summed E-state index contributed by atoms with van der Waals surface area (Å²) >= 11 is 1.34. The maximum absolute atomic E-state index is 12.6. The highest BCUT2D eigenvalue weighted by Gasteiger charge is 2.28. The maximum Gasteiger partial charge on any atom is 0.410 e. The highest BCUT2D eigenvalue weighted by atomic mass is 32.1. The number of benzene rings is 1. The number of aryl methyl sites for hydroxylation is 1. The van der Waals surface area contributed by atoms with Gasteiger partial charge in [0.25, 0.3) is 0 Å². The summed E-state index contributed by atoms with van der Waals surface area (Å²) in [6, 6.07) is 15.3. The summed E-state index contributed by atoms with van der Waals surface area (Å²) in [6.45, 7) is 0.892. The van der Waals surface area contributed by atoms with Gasteiger partial charge in [-0.3, -0.25) is 9.78 Å². The molecule has 0 saturated heterocycles. The van der Waals surface area contributed by atoms with Crippen LogP contribution in [0.1, 0.15) is 33.7 Å². The third-order valence-corrected chi connectivity index (χ3v) is 6.66. The van der Waals surface area contributed by atoms with Gasteiger partial charge >= 0.3 is 6.09 Å². The first-order valence-electron chi connectivity index (χ1n) is 10.9.